The Morgan fingerprint density at radius 3 is 2.37 bits per heavy atom. The van der Waals surface area contributed by atoms with Crippen molar-refractivity contribution in [2.45, 2.75) is 40.2 Å². The number of carboxylic acid groups (broad SMARTS) is 1. The minimum absolute atomic E-state index is 0.130. The number of carboxylic acids is 1. The zero-order valence-electron chi connectivity index (χ0n) is 12.6. The topological polar surface area (TPSA) is 69.6 Å². The van der Waals surface area contributed by atoms with Gasteiger partial charge in [-0.1, -0.05) is 20.8 Å². The molecular weight excluding hydrogens is 244 g/mol. The van der Waals surface area contributed by atoms with E-state index in [1.165, 1.54) is 0 Å². The lowest BCUT2D eigenvalue weighted by Gasteiger charge is -2.23. The van der Waals surface area contributed by atoms with Crippen molar-refractivity contribution in [1.29, 1.82) is 0 Å². The first-order valence-electron chi connectivity index (χ1n) is 6.94. The van der Waals surface area contributed by atoms with Crippen molar-refractivity contribution in [3.05, 3.63) is 0 Å². The fourth-order valence-electron chi connectivity index (χ4n) is 2.59. The Hall–Kier alpha value is -1.10. The molecule has 0 aromatic heterocycles. The van der Waals surface area contributed by atoms with Crippen LogP contribution in [0.1, 0.15) is 34.1 Å². The number of rotatable bonds is 7. The predicted octanol–water partition coefficient (Wildman–Crippen LogP) is 1.19. The zero-order valence-corrected chi connectivity index (χ0v) is 12.6. The molecule has 0 aromatic carbocycles. The zero-order chi connectivity index (χ0) is 14.8. The quantitative estimate of drug-likeness (QED) is 0.729. The van der Waals surface area contributed by atoms with Gasteiger partial charge >= 0.3 is 5.97 Å². The molecule has 1 fully saturated rings. The SMILES string of the molecule is CCC(C)N(C)CCNC(=O)C1C(C(=O)O)C1(C)C. The van der Waals surface area contributed by atoms with E-state index >= 15 is 0 Å². The van der Waals surface area contributed by atoms with Crippen LogP contribution < -0.4 is 5.32 Å². The summed E-state index contributed by atoms with van der Waals surface area (Å²) in [4.78, 5) is 25.2. The highest BCUT2D eigenvalue weighted by molar-refractivity contribution is 5.91. The molecule has 0 aliphatic heterocycles. The lowest BCUT2D eigenvalue weighted by molar-refractivity contribution is -0.140. The van der Waals surface area contributed by atoms with Gasteiger partial charge in [-0.05, 0) is 25.8 Å². The predicted molar refractivity (Wildman–Crippen MR) is 73.8 cm³/mol. The average Bonchev–Trinajstić information content (AvgIpc) is 2.91. The van der Waals surface area contributed by atoms with Gasteiger partial charge in [0.25, 0.3) is 0 Å². The van der Waals surface area contributed by atoms with Gasteiger partial charge in [0.15, 0.2) is 0 Å². The molecule has 3 unspecified atom stereocenters. The fourth-order valence-corrected chi connectivity index (χ4v) is 2.59. The summed E-state index contributed by atoms with van der Waals surface area (Å²) in [5.41, 5.74) is -0.418. The highest BCUT2D eigenvalue weighted by Crippen LogP contribution is 2.58. The standard InChI is InChI=1S/C14H26N2O3/c1-6-9(2)16(5)8-7-15-12(17)10-11(13(18)19)14(10,3)4/h9-11H,6-8H2,1-5H3,(H,15,17)(H,18,19). The number of aliphatic carboxylic acids is 1. The molecule has 110 valence electrons. The van der Waals surface area contributed by atoms with Gasteiger partial charge in [0.05, 0.1) is 11.8 Å². The monoisotopic (exact) mass is 270 g/mol. The molecule has 5 nitrogen and oxygen atoms in total. The van der Waals surface area contributed by atoms with Gasteiger partial charge in [-0.25, -0.2) is 0 Å². The fraction of sp³-hybridized carbons (Fsp3) is 0.857. The number of hydrogen-bond acceptors (Lipinski definition) is 3. The molecule has 3 atom stereocenters. The van der Waals surface area contributed by atoms with E-state index in [-0.39, 0.29) is 11.8 Å². The largest absolute Gasteiger partial charge is 0.481 e. The van der Waals surface area contributed by atoms with E-state index in [0.717, 1.165) is 13.0 Å². The van der Waals surface area contributed by atoms with Crippen molar-refractivity contribution in [2.24, 2.45) is 17.3 Å². The normalized spacial score (nSPS) is 26.0. The Kier molecular flexibility index (Phi) is 4.96. The van der Waals surface area contributed by atoms with Crippen LogP contribution in [-0.4, -0.2) is 48.1 Å². The number of amides is 1. The maximum atomic E-state index is 12.0. The molecule has 0 spiro atoms. The number of hydrogen-bond donors (Lipinski definition) is 2. The Morgan fingerprint density at radius 1 is 1.37 bits per heavy atom. The second kappa shape index (κ2) is 5.90. The Labute approximate surface area is 115 Å². The van der Waals surface area contributed by atoms with Crippen LogP contribution in [0.15, 0.2) is 0 Å². The van der Waals surface area contributed by atoms with Crippen LogP contribution in [0.5, 0.6) is 0 Å². The van der Waals surface area contributed by atoms with Gasteiger partial charge < -0.3 is 15.3 Å². The molecule has 2 N–H and O–H groups in total. The van der Waals surface area contributed by atoms with Crippen LogP contribution in [0.4, 0.5) is 0 Å². The molecule has 1 aliphatic rings. The van der Waals surface area contributed by atoms with Crippen LogP contribution >= 0.6 is 0 Å². The van der Waals surface area contributed by atoms with Gasteiger partial charge in [0.2, 0.25) is 5.91 Å². The summed E-state index contributed by atoms with van der Waals surface area (Å²) in [6, 6.07) is 0.487. The summed E-state index contributed by atoms with van der Waals surface area (Å²) in [5.74, 6) is -1.93. The first kappa shape index (κ1) is 16.0. The number of likely N-dealkylation sites (N-methyl/N-ethyl adjacent to an activating group) is 1. The molecule has 1 amide bonds. The molecule has 0 saturated heterocycles. The van der Waals surface area contributed by atoms with Gasteiger partial charge in [-0.15, -0.1) is 0 Å². The highest BCUT2D eigenvalue weighted by Gasteiger charge is 2.65. The molecule has 1 saturated carbocycles. The maximum Gasteiger partial charge on any atom is 0.307 e. The molecule has 0 bridgehead atoms. The Bertz CT molecular complexity index is 355. The highest BCUT2D eigenvalue weighted by atomic mass is 16.4. The van der Waals surface area contributed by atoms with E-state index in [4.69, 9.17) is 5.11 Å². The second-order valence-corrected chi connectivity index (χ2v) is 6.14. The molecule has 1 rings (SSSR count). The van der Waals surface area contributed by atoms with E-state index < -0.39 is 17.3 Å². The molecule has 0 radical (unpaired) electrons. The summed E-state index contributed by atoms with van der Waals surface area (Å²) in [5, 5.41) is 11.9. The molecular formula is C14H26N2O3. The van der Waals surface area contributed by atoms with Gasteiger partial charge in [0.1, 0.15) is 0 Å². The van der Waals surface area contributed by atoms with Crippen molar-refractivity contribution in [2.75, 3.05) is 20.1 Å². The summed E-state index contributed by atoms with van der Waals surface area (Å²) in [7, 11) is 2.03. The first-order valence-corrected chi connectivity index (χ1v) is 6.94. The lowest BCUT2D eigenvalue weighted by Crippen LogP contribution is -2.38. The minimum atomic E-state index is -0.873. The third-order valence-electron chi connectivity index (χ3n) is 4.48. The van der Waals surface area contributed by atoms with Crippen molar-refractivity contribution < 1.29 is 14.7 Å². The van der Waals surface area contributed by atoms with E-state index in [2.05, 4.69) is 24.1 Å². The molecule has 0 heterocycles. The number of nitrogens with one attached hydrogen (secondary N) is 1. The van der Waals surface area contributed by atoms with Gasteiger partial charge in [-0.2, -0.15) is 0 Å². The maximum absolute atomic E-state index is 12.0. The molecule has 5 heteroatoms. The smallest absolute Gasteiger partial charge is 0.307 e. The van der Waals surface area contributed by atoms with Crippen LogP contribution in [-0.2, 0) is 9.59 Å². The minimum Gasteiger partial charge on any atom is -0.481 e. The summed E-state index contributed by atoms with van der Waals surface area (Å²) < 4.78 is 0. The van der Waals surface area contributed by atoms with Crippen molar-refractivity contribution in [3.8, 4) is 0 Å². The van der Waals surface area contributed by atoms with Crippen LogP contribution in [0.2, 0.25) is 0 Å². The Balaban J connectivity index is 2.36. The summed E-state index contributed by atoms with van der Waals surface area (Å²) in [6.07, 6.45) is 1.07. The average molecular weight is 270 g/mol. The van der Waals surface area contributed by atoms with Gasteiger partial charge in [-0.3, -0.25) is 9.59 Å². The second-order valence-electron chi connectivity index (χ2n) is 6.14. The van der Waals surface area contributed by atoms with E-state index in [0.29, 0.717) is 12.6 Å². The van der Waals surface area contributed by atoms with E-state index in [9.17, 15) is 9.59 Å². The van der Waals surface area contributed by atoms with Crippen molar-refractivity contribution >= 4 is 11.9 Å². The molecule has 0 aromatic rings. The van der Waals surface area contributed by atoms with Crippen LogP contribution in [0.3, 0.4) is 0 Å². The Morgan fingerprint density at radius 2 is 1.95 bits per heavy atom. The third kappa shape index (κ3) is 3.47. The van der Waals surface area contributed by atoms with Crippen LogP contribution in [0, 0.1) is 17.3 Å². The molecule has 19 heavy (non-hydrogen) atoms. The summed E-state index contributed by atoms with van der Waals surface area (Å²) in [6.45, 7) is 9.29. The van der Waals surface area contributed by atoms with E-state index in [1.807, 2.05) is 20.9 Å². The third-order valence-corrected chi connectivity index (χ3v) is 4.48. The van der Waals surface area contributed by atoms with E-state index in [1.54, 1.807) is 0 Å². The van der Waals surface area contributed by atoms with Gasteiger partial charge in [0, 0.05) is 19.1 Å². The first-order chi connectivity index (χ1) is 8.73. The number of nitrogens with zero attached hydrogens (tertiary/aromatic N) is 1. The lowest BCUT2D eigenvalue weighted by atomic mass is 10.1. The number of carbonyl (C=O) groups is 2. The van der Waals surface area contributed by atoms with Crippen LogP contribution in [0.25, 0.3) is 0 Å². The van der Waals surface area contributed by atoms with Crippen molar-refractivity contribution in [1.82, 2.24) is 10.2 Å². The number of carbonyl (C=O) groups excluding carboxylic acids is 1. The van der Waals surface area contributed by atoms with Crippen molar-refractivity contribution in [3.63, 3.8) is 0 Å². The molecule has 1 aliphatic carbocycles. The summed E-state index contributed by atoms with van der Waals surface area (Å²) >= 11 is 0.